The molecule has 4 heteroatoms. The second-order valence-corrected chi connectivity index (χ2v) is 3.93. The minimum Gasteiger partial charge on any atom is -0.355 e. The number of hydrogen-bond donors (Lipinski definition) is 1. The third-order valence-corrected chi connectivity index (χ3v) is 2.54. The quantitative estimate of drug-likeness (QED) is 0.392. The zero-order valence-electron chi connectivity index (χ0n) is 6.92. The van der Waals surface area contributed by atoms with Crippen LogP contribution < -0.4 is 0 Å². The molecule has 0 saturated carbocycles. The molecule has 0 aliphatic carbocycles. The molecule has 0 N–H and O–H groups in total. The van der Waals surface area contributed by atoms with Crippen LogP contribution in [0.1, 0.15) is 26.2 Å². The van der Waals surface area contributed by atoms with Gasteiger partial charge in [0.2, 0.25) is 0 Å². The second kappa shape index (κ2) is 5.50. The van der Waals surface area contributed by atoms with Crippen molar-refractivity contribution in [1.82, 2.24) is 4.90 Å². The number of piperidine rings is 1. The van der Waals surface area contributed by atoms with Gasteiger partial charge < -0.3 is 4.90 Å². The Kier molecular flexibility index (Phi) is 5.93. The fourth-order valence-electron chi connectivity index (χ4n) is 1.38. The minimum atomic E-state index is 0. The summed E-state index contributed by atoms with van der Waals surface area (Å²) in [4.78, 5) is 2.20. The molecule has 0 aromatic carbocycles. The number of likely N-dealkylation sites (tertiary alicyclic amines) is 1. The number of thiocarbonyl (C=S) groups is 1. The molecule has 0 radical (unpaired) electrons. The third-order valence-electron chi connectivity index (χ3n) is 2.05. The Labute approximate surface area is 92.1 Å². The van der Waals surface area contributed by atoms with Crippen molar-refractivity contribution in [2.45, 2.75) is 32.2 Å². The van der Waals surface area contributed by atoms with Gasteiger partial charge in [0.15, 0.2) is 0 Å². The van der Waals surface area contributed by atoms with Gasteiger partial charge in [-0.1, -0.05) is 12.2 Å². The van der Waals surface area contributed by atoms with Crippen LogP contribution in [0.2, 0.25) is 0 Å². The van der Waals surface area contributed by atoms with Gasteiger partial charge in [-0.3, -0.25) is 0 Å². The zero-order valence-corrected chi connectivity index (χ0v) is 11.6. The third kappa shape index (κ3) is 3.39. The van der Waals surface area contributed by atoms with E-state index >= 15 is 0 Å². The van der Waals surface area contributed by atoms with Crippen LogP contribution in [0, 0.1) is 0 Å². The summed E-state index contributed by atoms with van der Waals surface area (Å²) in [7, 11) is 0. The maximum Gasteiger partial charge on any atom is 2.00 e. The van der Waals surface area contributed by atoms with Gasteiger partial charge in [-0.15, -0.1) is 12.6 Å². The average Bonchev–Trinajstić information content (AvgIpc) is 1.88. The molecule has 0 aromatic rings. The Balaban J connectivity index is 0.000001000. The summed E-state index contributed by atoms with van der Waals surface area (Å²) in [5, 5.41) is 0. The summed E-state index contributed by atoms with van der Waals surface area (Å²) < 4.78 is 0.757. The van der Waals surface area contributed by atoms with Gasteiger partial charge in [-0.25, -0.2) is 0 Å². The van der Waals surface area contributed by atoms with E-state index in [1.54, 1.807) is 0 Å². The molecular formula is C7H13NS2Zn+2. The predicted octanol–water partition coefficient (Wildman–Crippen LogP) is 2.07. The number of hydrogen-bond acceptors (Lipinski definition) is 1. The van der Waals surface area contributed by atoms with Crippen LogP contribution >= 0.6 is 24.8 Å². The summed E-state index contributed by atoms with van der Waals surface area (Å²) in [5.41, 5.74) is 0. The summed E-state index contributed by atoms with van der Waals surface area (Å²) in [6, 6.07) is 0.610. The average molecular weight is 241 g/mol. The molecule has 0 aromatic heterocycles. The van der Waals surface area contributed by atoms with E-state index in [-0.39, 0.29) is 19.5 Å². The van der Waals surface area contributed by atoms with E-state index in [4.69, 9.17) is 12.2 Å². The molecule has 11 heavy (non-hydrogen) atoms. The van der Waals surface area contributed by atoms with E-state index in [2.05, 4.69) is 24.5 Å². The van der Waals surface area contributed by atoms with E-state index in [1.807, 2.05) is 0 Å². The fourth-order valence-corrected chi connectivity index (χ4v) is 1.95. The first kappa shape index (κ1) is 11.9. The summed E-state index contributed by atoms with van der Waals surface area (Å²) in [6.45, 7) is 3.31. The first-order valence-electron chi connectivity index (χ1n) is 3.71. The molecular weight excluding hydrogens is 228 g/mol. The molecule has 1 saturated heterocycles. The first-order valence-corrected chi connectivity index (χ1v) is 4.57. The van der Waals surface area contributed by atoms with Gasteiger partial charge in [0, 0.05) is 12.6 Å². The number of nitrogens with zero attached hydrogens (tertiary/aromatic N) is 1. The normalized spacial score (nSPS) is 24.2. The molecule has 1 aliphatic rings. The maximum absolute atomic E-state index is 4.98. The summed E-state index contributed by atoms with van der Waals surface area (Å²) in [5.74, 6) is 0. The van der Waals surface area contributed by atoms with E-state index in [9.17, 15) is 0 Å². The van der Waals surface area contributed by atoms with Crippen LogP contribution in [0.4, 0.5) is 0 Å². The molecule has 1 fully saturated rings. The monoisotopic (exact) mass is 239 g/mol. The Hall–Kier alpha value is 0.863. The first-order chi connectivity index (χ1) is 4.72. The Bertz CT molecular complexity index is 140. The molecule has 1 heterocycles. The standard InChI is InChI=1S/C7H13NS2.Zn/c1-6-4-2-3-5-8(6)7(9)10;/h6H,2-5H2,1H3,(H,9,10);/q;+2. The molecule has 58 valence electrons. The Morgan fingerprint density at radius 1 is 1.55 bits per heavy atom. The Morgan fingerprint density at radius 2 is 2.18 bits per heavy atom. The van der Waals surface area contributed by atoms with Crippen LogP contribution in [-0.4, -0.2) is 21.8 Å². The topological polar surface area (TPSA) is 3.24 Å². The minimum absolute atomic E-state index is 0. The molecule has 1 aliphatic heterocycles. The van der Waals surface area contributed by atoms with Crippen molar-refractivity contribution < 1.29 is 19.5 Å². The van der Waals surface area contributed by atoms with E-state index < -0.39 is 0 Å². The van der Waals surface area contributed by atoms with Gasteiger partial charge in [0.25, 0.3) is 0 Å². The second-order valence-electron chi connectivity index (χ2n) is 2.82. The van der Waals surface area contributed by atoms with Gasteiger partial charge >= 0.3 is 19.5 Å². The zero-order chi connectivity index (χ0) is 7.56. The maximum atomic E-state index is 4.98. The van der Waals surface area contributed by atoms with Crippen molar-refractivity contribution in [3.8, 4) is 0 Å². The van der Waals surface area contributed by atoms with Gasteiger partial charge in [0.1, 0.15) is 4.32 Å². The van der Waals surface area contributed by atoms with Crippen LogP contribution in [0.3, 0.4) is 0 Å². The molecule has 1 unspecified atom stereocenters. The van der Waals surface area contributed by atoms with E-state index in [0.717, 1.165) is 10.9 Å². The fraction of sp³-hybridized carbons (Fsp3) is 0.857. The van der Waals surface area contributed by atoms with Gasteiger partial charge in [-0.05, 0) is 26.2 Å². The van der Waals surface area contributed by atoms with Crippen LogP contribution in [0.25, 0.3) is 0 Å². The van der Waals surface area contributed by atoms with Crippen LogP contribution in [0.15, 0.2) is 0 Å². The molecule has 1 rings (SSSR count). The largest absolute Gasteiger partial charge is 2.00 e. The van der Waals surface area contributed by atoms with Crippen molar-refractivity contribution in [2.75, 3.05) is 6.54 Å². The van der Waals surface area contributed by atoms with Crippen molar-refractivity contribution in [1.29, 1.82) is 0 Å². The summed E-state index contributed by atoms with van der Waals surface area (Å²) >= 11 is 9.14. The van der Waals surface area contributed by atoms with Crippen molar-refractivity contribution in [3.05, 3.63) is 0 Å². The SMILES string of the molecule is CC1CCCCN1C(=S)S.[Zn+2]. The van der Waals surface area contributed by atoms with E-state index in [0.29, 0.717) is 6.04 Å². The smallest absolute Gasteiger partial charge is 0.355 e. The Morgan fingerprint density at radius 3 is 2.55 bits per heavy atom. The van der Waals surface area contributed by atoms with Crippen molar-refractivity contribution in [3.63, 3.8) is 0 Å². The molecule has 1 nitrogen and oxygen atoms in total. The molecule has 0 bridgehead atoms. The van der Waals surface area contributed by atoms with E-state index in [1.165, 1.54) is 19.3 Å². The van der Waals surface area contributed by atoms with Crippen molar-refractivity contribution in [2.24, 2.45) is 0 Å². The number of thiol groups is 1. The number of rotatable bonds is 0. The van der Waals surface area contributed by atoms with Crippen molar-refractivity contribution >= 4 is 29.2 Å². The molecule has 0 amide bonds. The van der Waals surface area contributed by atoms with Crippen LogP contribution in [-0.2, 0) is 19.5 Å². The van der Waals surface area contributed by atoms with Gasteiger partial charge in [-0.2, -0.15) is 0 Å². The van der Waals surface area contributed by atoms with Gasteiger partial charge in [0.05, 0.1) is 0 Å². The predicted molar refractivity (Wildman–Crippen MR) is 51.6 cm³/mol. The molecule has 1 atom stereocenters. The summed E-state index contributed by atoms with van der Waals surface area (Å²) in [6.07, 6.45) is 3.87. The van der Waals surface area contributed by atoms with Crippen LogP contribution in [0.5, 0.6) is 0 Å². The molecule has 0 spiro atoms.